The second-order valence-electron chi connectivity index (χ2n) is 6.24. The maximum atomic E-state index is 12.3. The summed E-state index contributed by atoms with van der Waals surface area (Å²) < 4.78 is 15.9. The van der Waals surface area contributed by atoms with Gasteiger partial charge >= 0.3 is 0 Å². The van der Waals surface area contributed by atoms with E-state index in [1.165, 1.54) is 14.2 Å². The molecule has 144 valence electrons. The van der Waals surface area contributed by atoms with Crippen LogP contribution < -0.4 is 25.1 Å². The molecule has 0 heterocycles. The zero-order chi connectivity index (χ0) is 19.8. The van der Waals surface area contributed by atoms with Gasteiger partial charge in [0.25, 0.3) is 11.8 Å². The quantitative estimate of drug-likeness (QED) is 0.730. The summed E-state index contributed by atoms with van der Waals surface area (Å²) in [6, 6.07) is 11.5. The first-order chi connectivity index (χ1) is 12.9. The van der Waals surface area contributed by atoms with Gasteiger partial charge in [-0.3, -0.25) is 20.4 Å². The number of carbonyl (C=O) groups excluding carboxylic acids is 2. The third-order valence-corrected chi connectivity index (χ3v) is 3.58. The summed E-state index contributed by atoms with van der Waals surface area (Å²) in [6.45, 7) is 4.64. The van der Waals surface area contributed by atoms with Crippen LogP contribution in [-0.2, 0) is 0 Å². The summed E-state index contributed by atoms with van der Waals surface area (Å²) in [7, 11) is 2.99. The first-order valence-electron chi connectivity index (χ1n) is 8.49. The number of benzene rings is 2. The van der Waals surface area contributed by atoms with E-state index in [1.54, 1.807) is 42.5 Å². The number of methoxy groups -OCH3 is 2. The van der Waals surface area contributed by atoms with Crippen molar-refractivity contribution in [1.29, 1.82) is 0 Å². The van der Waals surface area contributed by atoms with E-state index in [1.807, 2.05) is 13.8 Å². The van der Waals surface area contributed by atoms with Gasteiger partial charge in [0, 0.05) is 17.2 Å². The molecule has 0 aliphatic carbocycles. The van der Waals surface area contributed by atoms with Gasteiger partial charge in [-0.15, -0.1) is 0 Å². The number of nitrogens with one attached hydrogen (secondary N) is 2. The Hall–Kier alpha value is -3.22. The summed E-state index contributed by atoms with van der Waals surface area (Å²) >= 11 is 0. The number of carbonyl (C=O) groups is 2. The normalized spacial score (nSPS) is 10.3. The van der Waals surface area contributed by atoms with Crippen molar-refractivity contribution in [2.45, 2.75) is 13.8 Å². The highest BCUT2D eigenvalue weighted by atomic mass is 16.5. The van der Waals surface area contributed by atoms with Crippen LogP contribution in [0.1, 0.15) is 34.6 Å². The average Bonchev–Trinajstić information content (AvgIpc) is 2.69. The fourth-order valence-electron chi connectivity index (χ4n) is 2.19. The Morgan fingerprint density at radius 2 is 1.41 bits per heavy atom. The Morgan fingerprint density at radius 1 is 0.852 bits per heavy atom. The molecule has 0 bridgehead atoms. The molecule has 7 nitrogen and oxygen atoms in total. The molecule has 0 aliphatic heterocycles. The molecule has 7 heteroatoms. The van der Waals surface area contributed by atoms with Crippen molar-refractivity contribution in [3.8, 4) is 17.2 Å². The molecule has 27 heavy (non-hydrogen) atoms. The molecule has 2 N–H and O–H groups in total. The Bertz CT molecular complexity index is 782. The molecule has 0 saturated heterocycles. The lowest BCUT2D eigenvalue weighted by molar-refractivity contribution is 0.0846. The average molecular weight is 372 g/mol. The second-order valence-corrected chi connectivity index (χ2v) is 6.24. The van der Waals surface area contributed by atoms with Crippen LogP contribution in [0, 0.1) is 5.92 Å². The minimum absolute atomic E-state index is 0.292. The van der Waals surface area contributed by atoms with Crippen LogP contribution in [0.2, 0.25) is 0 Å². The Morgan fingerprint density at radius 3 is 1.96 bits per heavy atom. The molecule has 0 aromatic heterocycles. The molecule has 0 spiro atoms. The highest BCUT2D eigenvalue weighted by Gasteiger charge is 2.12. The number of hydrazine groups is 1. The van der Waals surface area contributed by atoms with Gasteiger partial charge < -0.3 is 14.2 Å². The first kappa shape index (κ1) is 20.1. The summed E-state index contributed by atoms with van der Waals surface area (Å²) in [4.78, 5) is 24.6. The van der Waals surface area contributed by atoms with E-state index in [0.717, 1.165) is 0 Å². The van der Waals surface area contributed by atoms with Crippen LogP contribution in [-0.4, -0.2) is 32.6 Å². The molecule has 2 rings (SSSR count). The number of hydrogen-bond donors (Lipinski definition) is 2. The number of amides is 2. The number of hydrogen-bond acceptors (Lipinski definition) is 5. The van der Waals surface area contributed by atoms with Gasteiger partial charge in [0.2, 0.25) is 0 Å². The number of rotatable bonds is 7. The maximum absolute atomic E-state index is 12.3. The van der Waals surface area contributed by atoms with E-state index in [2.05, 4.69) is 10.9 Å². The van der Waals surface area contributed by atoms with Gasteiger partial charge in [-0.25, -0.2) is 0 Å². The summed E-state index contributed by atoms with van der Waals surface area (Å²) in [5.41, 5.74) is 5.43. The van der Waals surface area contributed by atoms with Gasteiger partial charge in [0.15, 0.2) is 0 Å². The molecule has 0 aliphatic rings. The molecule has 2 aromatic carbocycles. The standard InChI is InChI=1S/C20H24N2O5/c1-13(2)12-27-16-7-5-6-14(8-16)19(23)21-22-20(24)15-9-17(25-3)11-18(10-15)26-4/h5-11,13H,12H2,1-4H3,(H,21,23)(H,22,24). The molecule has 2 aromatic rings. The molecule has 0 unspecified atom stereocenters. The van der Waals surface area contributed by atoms with Crippen LogP contribution in [0.4, 0.5) is 0 Å². The lowest BCUT2D eigenvalue weighted by atomic mass is 10.2. The van der Waals surface area contributed by atoms with Crippen LogP contribution in [0.25, 0.3) is 0 Å². The third kappa shape index (κ3) is 5.91. The minimum Gasteiger partial charge on any atom is -0.497 e. The van der Waals surface area contributed by atoms with Gasteiger partial charge in [0.05, 0.1) is 20.8 Å². The van der Waals surface area contributed by atoms with Crippen LogP contribution in [0.5, 0.6) is 17.2 Å². The predicted molar refractivity (Wildman–Crippen MR) is 101 cm³/mol. The summed E-state index contributed by atoms with van der Waals surface area (Å²) in [5, 5.41) is 0. The SMILES string of the molecule is COc1cc(OC)cc(C(=O)NNC(=O)c2cccc(OCC(C)C)c2)c1. The van der Waals surface area contributed by atoms with E-state index >= 15 is 0 Å². The van der Waals surface area contributed by atoms with Crippen LogP contribution >= 0.6 is 0 Å². The lowest BCUT2D eigenvalue weighted by Gasteiger charge is -2.11. The molecular formula is C20H24N2O5. The van der Waals surface area contributed by atoms with Gasteiger partial charge in [-0.2, -0.15) is 0 Å². The number of ether oxygens (including phenoxy) is 3. The monoisotopic (exact) mass is 372 g/mol. The lowest BCUT2D eigenvalue weighted by Crippen LogP contribution is -2.41. The van der Waals surface area contributed by atoms with Crippen molar-refractivity contribution in [2.75, 3.05) is 20.8 Å². The largest absolute Gasteiger partial charge is 0.497 e. The van der Waals surface area contributed by atoms with Crippen molar-refractivity contribution in [3.63, 3.8) is 0 Å². The third-order valence-electron chi connectivity index (χ3n) is 3.58. The smallest absolute Gasteiger partial charge is 0.269 e. The van der Waals surface area contributed by atoms with Crippen molar-refractivity contribution in [1.82, 2.24) is 10.9 Å². The topological polar surface area (TPSA) is 85.9 Å². The van der Waals surface area contributed by atoms with E-state index in [-0.39, 0.29) is 0 Å². The van der Waals surface area contributed by atoms with Gasteiger partial charge in [-0.05, 0) is 36.2 Å². The van der Waals surface area contributed by atoms with E-state index in [9.17, 15) is 9.59 Å². The molecule has 0 fully saturated rings. The van der Waals surface area contributed by atoms with E-state index < -0.39 is 11.8 Å². The van der Waals surface area contributed by atoms with Crippen LogP contribution in [0.3, 0.4) is 0 Å². The molecule has 0 atom stereocenters. The van der Waals surface area contributed by atoms with Crippen LogP contribution in [0.15, 0.2) is 42.5 Å². The fourth-order valence-corrected chi connectivity index (χ4v) is 2.19. The predicted octanol–water partition coefficient (Wildman–Crippen LogP) is 2.81. The zero-order valence-corrected chi connectivity index (χ0v) is 15.9. The van der Waals surface area contributed by atoms with Crippen molar-refractivity contribution in [3.05, 3.63) is 53.6 Å². The van der Waals surface area contributed by atoms with E-state index in [4.69, 9.17) is 14.2 Å². The zero-order valence-electron chi connectivity index (χ0n) is 15.9. The van der Waals surface area contributed by atoms with Crippen molar-refractivity contribution in [2.24, 2.45) is 5.92 Å². The van der Waals surface area contributed by atoms with E-state index in [0.29, 0.717) is 40.9 Å². The summed E-state index contributed by atoms with van der Waals surface area (Å²) in [6.07, 6.45) is 0. The molecule has 0 radical (unpaired) electrons. The van der Waals surface area contributed by atoms with Gasteiger partial charge in [-0.1, -0.05) is 19.9 Å². The molecular weight excluding hydrogens is 348 g/mol. The minimum atomic E-state index is -0.493. The molecule has 0 saturated carbocycles. The Balaban J connectivity index is 2.01. The second kappa shape index (κ2) is 9.47. The van der Waals surface area contributed by atoms with Crippen molar-refractivity contribution < 1.29 is 23.8 Å². The fraction of sp³-hybridized carbons (Fsp3) is 0.300. The summed E-state index contributed by atoms with van der Waals surface area (Å²) in [5.74, 6) is 0.976. The Kier molecular flexibility index (Phi) is 7.05. The Labute approximate surface area is 158 Å². The highest BCUT2D eigenvalue weighted by Crippen LogP contribution is 2.22. The first-order valence-corrected chi connectivity index (χ1v) is 8.49. The van der Waals surface area contributed by atoms with Crippen molar-refractivity contribution >= 4 is 11.8 Å². The molecule has 2 amide bonds. The highest BCUT2D eigenvalue weighted by molar-refractivity contribution is 5.99. The maximum Gasteiger partial charge on any atom is 0.269 e. The van der Waals surface area contributed by atoms with Gasteiger partial charge in [0.1, 0.15) is 17.2 Å².